The van der Waals surface area contributed by atoms with Crippen LogP contribution in [0.1, 0.15) is 0 Å². The van der Waals surface area contributed by atoms with E-state index in [1.54, 1.807) is 18.3 Å². The van der Waals surface area contributed by atoms with Gasteiger partial charge in [-0.1, -0.05) is 30.3 Å². The topological polar surface area (TPSA) is 94.4 Å². The molecule has 0 fully saturated rings. The van der Waals surface area contributed by atoms with Crippen LogP contribution < -0.4 is 10.1 Å². The summed E-state index contributed by atoms with van der Waals surface area (Å²) in [4.78, 5) is 26.6. The van der Waals surface area contributed by atoms with Gasteiger partial charge in [0.2, 0.25) is 0 Å². The van der Waals surface area contributed by atoms with E-state index in [-0.39, 0.29) is 18.0 Å². The molecule has 0 aliphatic rings. The Morgan fingerprint density at radius 1 is 1.17 bits per heavy atom. The molecule has 0 atom stereocenters. The van der Waals surface area contributed by atoms with Crippen molar-refractivity contribution in [3.05, 3.63) is 70.9 Å². The van der Waals surface area contributed by atoms with E-state index in [0.29, 0.717) is 5.69 Å². The summed E-state index contributed by atoms with van der Waals surface area (Å²) in [6, 6.07) is 15.2. The first-order chi connectivity index (χ1) is 11.6. The predicted octanol–water partition coefficient (Wildman–Crippen LogP) is 3.16. The second-order valence-corrected chi connectivity index (χ2v) is 4.98. The van der Waals surface area contributed by atoms with Gasteiger partial charge in [-0.25, -0.2) is 0 Å². The first-order valence-corrected chi connectivity index (χ1v) is 7.14. The molecule has 24 heavy (non-hydrogen) atoms. The number of carbonyl (C=O) groups is 1. The Hall–Kier alpha value is -3.48. The van der Waals surface area contributed by atoms with Crippen LogP contribution in [0.15, 0.2) is 60.8 Å². The molecule has 1 N–H and O–H groups in total. The molecule has 0 aliphatic heterocycles. The van der Waals surface area contributed by atoms with Crippen molar-refractivity contribution in [3.63, 3.8) is 0 Å². The third-order valence-electron chi connectivity index (χ3n) is 3.29. The molecule has 0 unspecified atom stereocenters. The van der Waals surface area contributed by atoms with Gasteiger partial charge in [0.25, 0.3) is 5.91 Å². The van der Waals surface area contributed by atoms with Gasteiger partial charge >= 0.3 is 5.69 Å². The Morgan fingerprint density at radius 3 is 2.75 bits per heavy atom. The zero-order chi connectivity index (χ0) is 16.9. The van der Waals surface area contributed by atoms with Gasteiger partial charge in [-0.3, -0.25) is 19.9 Å². The lowest BCUT2D eigenvalue weighted by Crippen LogP contribution is -2.20. The molecular formula is C17H13N3O4. The fraction of sp³-hybridized carbons (Fsp3) is 0.0588. The van der Waals surface area contributed by atoms with Crippen LogP contribution in [0.3, 0.4) is 0 Å². The number of nitrogens with zero attached hydrogens (tertiary/aromatic N) is 2. The number of nitrogens with one attached hydrogen (secondary N) is 1. The highest BCUT2D eigenvalue weighted by Crippen LogP contribution is 2.25. The number of carbonyl (C=O) groups excluding carboxylic acids is 1. The standard InChI is InChI=1S/C17H13N3O4/c21-17(11-24-16-8-4-3-7-15(16)20(22)23)19-13-9-12-5-1-2-6-14(12)18-10-13/h1-10H,11H2,(H,19,21). The van der Waals surface area contributed by atoms with E-state index < -0.39 is 10.8 Å². The summed E-state index contributed by atoms with van der Waals surface area (Å²) in [5.74, 6) is -0.375. The van der Waals surface area contributed by atoms with E-state index in [1.807, 2.05) is 24.3 Å². The van der Waals surface area contributed by atoms with Gasteiger partial charge in [0.15, 0.2) is 12.4 Å². The van der Waals surface area contributed by atoms with Crippen LogP contribution >= 0.6 is 0 Å². The van der Waals surface area contributed by atoms with Crippen LogP contribution in [0, 0.1) is 10.1 Å². The van der Waals surface area contributed by atoms with Crippen LogP contribution in [0.4, 0.5) is 11.4 Å². The van der Waals surface area contributed by atoms with Gasteiger partial charge in [0, 0.05) is 11.5 Å². The minimum absolute atomic E-state index is 0.0503. The van der Waals surface area contributed by atoms with Crippen molar-refractivity contribution < 1.29 is 14.5 Å². The number of anilines is 1. The van der Waals surface area contributed by atoms with Gasteiger partial charge < -0.3 is 10.1 Å². The van der Waals surface area contributed by atoms with E-state index >= 15 is 0 Å². The molecule has 7 heteroatoms. The maximum absolute atomic E-state index is 12.0. The summed E-state index contributed by atoms with van der Waals surface area (Å²) < 4.78 is 5.25. The van der Waals surface area contributed by atoms with E-state index in [1.165, 1.54) is 18.2 Å². The molecule has 0 radical (unpaired) electrons. The van der Waals surface area contributed by atoms with Crippen molar-refractivity contribution in [2.45, 2.75) is 0 Å². The molecule has 0 bridgehead atoms. The molecule has 0 saturated heterocycles. The number of benzene rings is 2. The molecule has 120 valence electrons. The number of rotatable bonds is 5. The highest BCUT2D eigenvalue weighted by atomic mass is 16.6. The van der Waals surface area contributed by atoms with Gasteiger partial charge in [0.1, 0.15) is 0 Å². The average molecular weight is 323 g/mol. The Bertz CT molecular complexity index is 911. The van der Waals surface area contributed by atoms with Crippen molar-refractivity contribution in [2.75, 3.05) is 11.9 Å². The Morgan fingerprint density at radius 2 is 1.92 bits per heavy atom. The monoisotopic (exact) mass is 323 g/mol. The van der Waals surface area contributed by atoms with E-state index in [2.05, 4.69) is 10.3 Å². The molecule has 1 heterocycles. The van der Waals surface area contributed by atoms with Crippen molar-refractivity contribution in [1.82, 2.24) is 4.98 Å². The van der Waals surface area contributed by atoms with Crippen LogP contribution in [0.5, 0.6) is 5.75 Å². The van der Waals surface area contributed by atoms with Crippen LogP contribution in [0.25, 0.3) is 10.9 Å². The van der Waals surface area contributed by atoms with Crippen molar-refractivity contribution in [1.29, 1.82) is 0 Å². The second kappa shape index (κ2) is 6.74. The van der Waals surface area contributed by atoms with Crippen molar-refractivity contribution in [3.8, 4) is 5.75 Å². The predicted molar refractivity (Wildman–Crippen MR) is 89.0 cm³/mol. The molecule has 7 nitrogen and oxygen atoms in total. The lowest BCUT2D eigenvalue weighted by Gasteiger charge is -2.08. The van der Waals surface area contributed by atoms with E-state index in [4.69, 9.17) is 4.74 Å². The smallest absolute Gasteiger partial charge is 0.310 e. The van der Waals surface area contributed by atoms with Gasteiger partial charge in [0.05, 0.1) is 22.3 Å². The number of pyridine rings is 1. The third-order valence-corrected chi connectivity index (χ3v) is 3.29. The SMILES string of the molecule is O=C(COc1ccccc1[N+](=O)[O-])Nc1cnc2ccccc2c1. The number of ether oxygens (including phenoxy) is 1. The normalized spacial score (nSPS) is 10.3. The van der Waals surface area contributed by atoms with Crippen molar-refractivity contribution in [2.24, 2.45) is 0 Å². The van der Waals surface area contributed by atoms with Crippen molar-refractivity contribution >= 4 is 28.2 Å². The van der Waals surface area contributed by atoms with Gasteiger partial charge in [-0.15, -0.1) is 0 Å². The summed E-state index contributed by atoms with van der Waals surface area (Å²) in [6.07, 6.45) is 1.55. The molecule has 1 amide bonds. The quantitative estimate of drug-likeness (QED) is 0.575. The third kappa shape index (κ3) is 3.46. The van der Waals surface area contributed by atoms with Crippen LogP contribution in [-0.4, -0.2) is 22.4 Å². The first kappa shape index (κ1) is 15.4. The van der Waals surface area contributed by atoms with E-state index in [0.717, 1.165) is 10.9 Å². The highest BCUT2D eigenvalue weighted by molar-refractivity contribution is 5.94. The molecule has 1 aromatic heterocycles. The maximum atomic E-state index is 12.0. The number of nitro groups is 1. The fourth-order valence-corrected chi connectivity index (χ4v) is 2.21. The Kier molecular flexibility index (Phi) is 4.33. The summed E-state index contributed by atoms with van der Waals surface area (Å²) in [5, 5.41) is 14.5. The summed E-state index contributed by atoms with van der Waals surface area (Å²) in [6.45, 7) is -0.336. The maximum Gasteiger partial charge on any atom is 0.310 e. The molecule has 3 rings (SSSR count). The minimum atomic E-state index is -0.555. The van der Waals surface area contributed by atoms with Gasteiger partial charge in [-0.2, -0.15) is 0 Å². The zero-order valence-electron chi connectivity index (χ0n) is 12.5. The zero-order valence-corrected chi connectivity index (χ0v) is 12.5. The summed E-state index contributed by atoms with van der Waals surface area (Å²) in [5.41, 5.74) is 1.18. The largest absolute Gasteiger partial charge is 0.477 e. The number of hydrogen-bond acceptors (Lipinski definition) is 5. The number of aromatic nitrogens is 1. The van der Waals surface area contributed by atoms with Crippen LogP contribution in [0.2, 0.25) is 0 Å². The lowest BCUT2D eigenvalue weighted by molar-refractivity contribution is -0.385. The molecular weight excluding hydrogens is 310 g/mol. The summed E-state index contributed by atoms with van der Waals surface area (Å²) >= 11 is 0. The second-order valence-electron chi connectivity index (χ2n) is 4.98. The number of para-hydroxylation sites is 3. The number of fused-ring (bicyclic) bond motifs is 1. The van der Waals surface area contributed by atoms with Gasteiger partial charge in [-0.05, 0) is 18.2 Å². The average Bonchev–Trinajstić information content (AvgIpc) is 2.60. The minimum Gasteiger partial charge on any atom is -0.477 e. The van der Waals surface area contributed by atoms with E-state index in [9.17, 15) is 14.9 Å². The summed E-state index contributed by atoms with van der Waals surface area (Å²) in [7, 11) is 0. The molecule has 0 aliphatic carbocycles. The number of nitro benzene ring substituents is 1. The fourth-order valence-electron chi connectivity index (χ4n) is 2.21. The highest BCUT2D eigenvalue weighted by Gasteiger charge is 2.15. The molecule has 3 aromatic rings. The molecule has 0 spiro atoms. The Balaban J connectivity index is 1.66. The number of hydrogen-bond donors (Lipinski definition) is 1. The Labute approximate surface area is 137 Å². The van der Waals surface area contributed by atoms with Crippen LogP contribution in [-0.2, 0) is 4.79 Å². The lowest BCUT2D eigenvalue weighted by atomic mass is 10.2. The molecule has 0 saturated carbocycles. The molecule has 2 aromatic carbocycles. The number of amides is 1. The first-order valence-electron chi connectivity index (χ1n) is 7.14.